The normalized spacial score (nSPS) is 19.7. The van der Waals surface area contributed by atoms with Crippen molar-refractivity contribution in [2.24, 2.45) is 5.73 Å². The molecule has 2 rings (SSSR count). The molecule has 0 amide bonds. The molecule has 1 aromatic heterocycles. The number of hydrogen-bond acceptors (Lipinski definition) is 3. The van der Waals surface area contributed by atoms with Crippen LogP contribution in [0.4, 0.5) is 0 Å². The van der Waals surface area contributed by atoms with Crippen LogP contribution < -0.4 is 5.73 Å². The molecule has 1 aliphatic carbocycles. The van der Waals surface area contributed by atoms with E-state index in [-0.39, 0.29) is 11.7 Å². The van der Waals surface area contributed by atoms with Gasteiger partial charge in [-0.15, -0.1) is 0 Å². The summed E-state index contributed by atoms with van der Waals surface area (Å²) in [6, 6.07) is 4.01. The molecule has 1 heterocycles. The fraction of sp³-hybridized carbons (Fsp3) is 0.500. The number of nitrogens with zero attached hydrogens (tertiary/aromatic N) is 1. The summed E-state index contributed by atoms with van der Waals surface area (Å²) in [5.41, 5.74) is 7.64. The zero-order chi connectivity index (χ0) is 10.7. The van der Waals surface area contributed by atoms with Gasteiger partial charge in [-0.2, -0.15) is 0 Å². The number of nitrogens with two attached hydrogens (primary N) is 1. The van der Waals surface area contributed by atoms with Crippen molar-refractivity contribution in [1.82, 2.24) is 4.98 Å². The molecule has 3 heteroatoms. The van der Waals surface area contributed by atoms with Crippen LogP contribution in [0.2, 0.25) is 0 Å². The Balaban J connectivity index is 2.25. The molecule has 0 aliphatic heterocycles. The van der Waals surface area contributed by atoms with Crippen molar-refractivity contribution < 1.29 is 4.79 Å². The highest BCUT2D eigenvalue weighted by molar-refractivity contribution is 5.86. The highest BCUT2D eigenvalue weighted by atomic mass is 16.1. The monoisotopic (exact) mass is 204 g/mol. The van der Waals surface area contributed by atoms with E-state index in [1.165, 1.54) is 5.56 Å². The van der Waals surface area contributed by atoms with Gasteiger partial charge >= 0.3 is 0 Å². The van der Waals surface area contributed by atoms with Gasteiger partial charge in [-0.25, -0.2) is 0 Å². The molecule has 0 saturated carbocycles. The molecule has 0 spiro atoms. The van der Waals surface area contributed by atoms with Gasteiger partial charge in [0, 0.05) is 12.6 Å². The Hall–Kier alpha value is -1.22. The van der Waals surface area contributed by atoms with E-state index < -0.39 is 0 Å². The van der Waals surface area contributed by atoms with Gasteiger partial charge < -0.3 is 5.73 Å². The van der Waals surface area contributed by atoms with Crippen LogP contribution >= 0.6 is 0 Å². The highest BCUT2D eigenvalue weighted by Crippen LogP contribution is 2.30. The van der Waals surface area contributed by atoms with Gasteiger partial charge in [-0.05, 0) is 37.4 Å². The molecule has 80 valence electrons. The maximum Gasteiger partial charge on any atom is 0.143 e. The molecule has 1 aromatic rings. The van der Waals surface area contributed by atoms with Crippen molar-refractivity contribution >= 4 is 5.78 Å². The van der Waals surface area contributed by atoms with E-state index in [0.717, 1.165) is 25.0 Å². The lowest BCUT2D eigenvalue weighted by Crippen LogP contribution is -2.22. The average molecular weight is 204 g/mol. The van der Waals surface area contributed by atoms with E-state index in [9.17, 15) is 4.79 Å². The minimum absolute atomic E-state index is 0.00139. The minimum atomic E-state index is -0.00139. The predicted octanol–water partition coefficient (Wildman–Crippen LogP) is 1.42. The molecule has 3 nitrogen and oxygen atoms in total. The van der Waals surface area contributed by atoms with Crippen molar-refractivity contribution in [3.63, 3.8) is 0 Å². The standard InChI is InChI=1S/C12H16N2O/c13-7-6-11(15)10-5-1-3-9-4-2-8-14-12(9)10/h2,4,8,10H,1,3,5-7,13H2. The summed E-state index contributed by atoms with van der Waals surface area (Å²) < 4.78 is 0. The number of hydrogen-bond donors (Lipinski definition) is 1. The van der Waals surface area contributed by atoms with Crippen LogP contribution in [0.3, 0.4) is 0 Å². The Morgan fingerprint density at radius 2 is 2.47 bits per heavy atom. The Bertz CT molecular complexity index is 362. The van der Waals surface area contributed by atoms with Crippen LogP contribution in [0.15, 0.2) is 18.3 Å². The fourth-order valence-electron chi connectivity index (χ4n) is 2.24. The number of rotatable bonds is 3. The van der Waals surface area contributed by atoms with Crippen LogP contribution in [-0.4, -0.2) is 17.3 Å². The predicted molar refractivity (Wildman–Crippen MR) is 58.6 cm³/mol. The lowest BCUT2D eigenvalue weighted by molar-refractivity contribution is -0.120. The van der Waals surface area contributed by atoms with Crippen molar-refractivity contribution in [3.8, 4) is 0 Å². The van der Waals surface area contributed by atoms with Crippen molar-refractivity contribution in [3.05, 3.63) is 29.6 Å². The third-order valence-electron chi connectivity index (χ3n) is 2.97. The van der Waals surface area contributed by atoms with E-state index >= 15 is 0 Å². The van der Waals surface area contributed by atoms with Crippen molar-refractivity contribution in [1.29, 1.82) is 0 Å². The second-order valence-electron chi connectivity index (χ2n) is 4.00. The molecule has 0 fully saturated rings. The van der Waals surface area contributed by atoms with Gasteiger partial charge in [-0.1, -0.05) is 6.07 Å². The molecule has 0 radical (unpaired) electrons. The first-order chi connectivity index (χ1) is 7.33. The first-order valence-electron chi connectivity index (χ1n) is 5.49. The van der Waals surface area contributed by atoms with Gasteiger partial charge in [0.05, 0.1) is 11.6 Å². The second-order valence-corrected chi connectivity index (χ2v) is 4.00. The van der Waals surface area contributed by atoms with E-state index in [1.807, 2.05) is 6.07 Å². The first kappa shape index (κ1) is 10.3. The van der Waals surface area contributed by atoms with Crippen LogP contribution in [0.5, 0.6) is 0 Å². The summed E-state index contributed by atoms with van der Waals surface area (Å²) in [6.45, 7) is 0.442. The minimum Gasteiger partial charge on any atom is -0.330 e. The molecule has 0 saturated heterocycles. The number of aryl methyl sites for hydroxylation is 1. The summed E-state index contributed by atoms with van der Waals surface area (Å²) in [6.07, 6.45) is 5.31. The maximum atomic E-state index is 11.8. The largest absolute Gasteiger partial charge is 0.330 e. The van der Waals surface area contributed by atoms with E-state index in [0.29, 0.717) is 13.0 Å². The van der Waals surface area contributed by atoms with Gasteiger partial charge in [0.1, 0.15) is 5.78 Å². The summed E-state index contributed by atoms with van der Waals surface area (Å²) >= 11 is 0. The number of Topliss-reactive ketones (excluding diaryl/α,β-unsaturated/α-hetero) is 1. The second kappa shape index (κ2) is 4.53. The SMILES string of the molecule is NCCC(=O)C1CCCc2cccnc21. The smallest absolute Gasteiger partial charge is 0.143 e. The Labute approximate surface area is 89.7 Å². The van der Waals surface area contributed by atoms with Crippen LogP contribution in [0.1, 0.15) is 36.4 Å². The summed E-state index contributed by atoms with van der Waals surface area (Å²) in [5.74, 6) is 0.246. The molecule has 0 bridgehead atoms. The fourth-order valence-corrected chi connectivity index (χ4v) is 2.24. The molecule has 15 heavy (non-hydrogen) atoms. The Morgan fingerprint density at radius 1 is 1.60 bits per heavy atom. The average Bonchev–Trinajstić information content (AvgIpc) is 2.28. The number of carbonyl (C=O) groups is 1. The lowest BCUT2D eigenvalue weighted by Gasteiger charge is -2.22. The van der Waals surface area contributed by atoms with Gasteiger partial charge in [-0.3, -0.25) is 9.78 Å². The first-order valence-corrected chi connectivity index (χ1v) is 5.49. The zero-order valence-electron chi connectivity index (χ0n) is 8.78. The van der Waals surface area contributed by atoms with Crippen molar-refractivity contribution in [2.45, 2.75) is 31.6 Å². The molecular formula is C12H16N2O. The third kappa shape index (κ3) is 2.07. The van der Waals surface area contributed by atoms with Crippen molar-refractivity contribution in [2.75, 3.05) is 6.54 Å². The van der Waals surface area contributed by atoms with Gasteiger partial charge in [0.15, 0.2) is 0 Å². The molecule has 1 unspecified atom stereocenters. The summed E-state index contributed by atoms with van der Waals surface area (Å²) in [5, 5.41) is 0. The molecule has 1 atom stereocenters. The molecule has 1 aliphatic rings. The topological polar surface area (TPSA) is 56.0 Å². The maximum absolute atomic E-state index is 11.8. The number of fused-ring (bicyclic) bond motifs is 1. The number of carbonyl (C=O) groups excluding carboxylic acids is 1. The molecule has 0 aromatic carbocycles. The lowest BCUT2D eigenvalue weighted by atomic mass is 9.83. The van der Waals surface area contributed by atoms with Gasteiger partial charge in [0.25, 0.3) is 0 Å². The number of ketones is 1. The van der Waals surface area contributed by atoms with Crippen LogP contribution in [0, 0.1) is 0 Å². The van der Waals surface area contributed by atoms with E-state index in [4.69, 9.17) is 5.73 Å². The van der Waals surface area contributed by atoms with Crippen LogP contribution in [0.25, 0.3) is 0 Å². The van der Waals surface area contributed by atoms with E-state index in [2.05, 4.69) is 11.1 Å². The Kier molecular flexibility index (Phi) is 3.11. The van der Waals surface area contributed by atoms with Crippen LogP contribution in [-0.2, 0) is 11.2 Å². The van der Waals surface area contributed by atoms with Gasteiger partial charge in [0.2, 0.25) is 0 Å². The number of aromatic nitrogens is 1. The summed E-state index contributed by atoms with van der Waals surface area (Å²) in [7, 11) is 0. The highest BCUT2D eigenvalue weighted by Gasteiger charge is 2.26. The summed E-state index contributed by atoms with van der Waals surface area (Å²) in [4.78, 5) is 16.2. The van der Waals surface area contributed by atoms with E-state index in [1.54, 1.807) is 6.20 Å². The Morgan fingerprint density at radius 3 is 3.27 bits per heavy atom. The third-order valence-corrected chi connectivity index (χ3v) is 2.97. The molecular weight excluding hydrogens is 188 g/mol. The number of pyridine rings is 1. The zero-order valence-corrected chi connectivity index (χ0v) is 8.78. The molecule has 2 N–H and O–H groups in total. The quantitative estimate of drug-likeness (QED) is 0.810.